The molecule has 6 heteroatoms. The van der Waals surface area contributed by atoms with Gasteiger partial charge in [0.1, 0.15) is 5.82 Å². The van der Waals surface area contributed by atoms with E-state index in [-0.39, 0.29) is 17.0 Å². The number of carbonyl (C=O) groups is 1. The van der Waals surface area contributed by atoms with Crippen LogP contribution in [0.4, 0.5) is 21.5 Å². The first kappa shape index (κ1) is 16.6. The van der Waals surface area contributed by atoms with E-state index in [2.05, 4.69) is 27.8 Å². The van der Waals surface area contributed by atoms with Gasteiger partial charge in [-0.15, -0.1) is 0 Å². The summed E-state index contributed by atoms with van der Waals surface area (Å²) in [5.41, 5.74) is 2.45. The van der Waals surface area contributed by atoms with Gasteiger partial charge in [-0.2, -0.15) is 0 Å². The van der Waals surface area contributed by atoms with Crippen molar-refractivity contribution >= 4 is 50.7 Å². The van der Waals surface area contributed by atoms with Crippen LogP contribution in [0.15, 0.2) is 65.7 Å². The minimum Gasteiger partial charge on any atom is -0.334 e. The molecule has 26 heavy (non-hydrogen) atoms. The number of anilines is 2. The fourth-order valence-corrected chi connectivity index (χ4v) is 3.65. The highest BCUT2D eigenvalue weighted by Crippen LogP contribution is 2.37. The lowest BCUT2D eigenvalue weighted by molar-refractivity contribution is -0.115. The molecule has 0 saturated carbocycles. The lowest BCUT2D eigenvalue weighted by atomic mass is 10.1. The normalized spacial score (nSPS) is 13.7. The van der Waals surface area contributed by atoms with Crippen LogP contribution in [-0.4, -0.2) is 16.3 Å². The van der Waals surface area contributed by atoms with E-state index in [0.29, 0.717) is 10.9 Å². The average Bonchev–Trinajstić information content (AvgIpc) is 2.64. The lowest BCUT2D eigenvalue weighted by Crippen LogP contribution is -2.25. The van der Waals surface area contributed by atoms with Crippen LogP contribution in [-0.2, 0) is 4.79 Å². The number of benzene rings is 3. The highest BCUT2D eigenvalue weighted by molar-refractivity contribution is 8.15. The molecule has 1 aliphatic heterocycles. The number of carbonyl (C=O) groups excluding carboxylic acids is 1. The zero-order valence-electron chi connectivity index (χ0n) is 14.0. The SMILES string of the molecule is C[C@H](SC1=Nc2cccc3cccc(c23)N1)C(=O)Nc1ccc(F)cc1. The standard InChI is InChI=1S/C20H16FN3OS/c1-12(19(25)22-15-10-8-14(21)9-11-15)26-20-23-16-6-2-4-13-5-3-7-17(24-20)18(13)16/h2-12H,1H3,(H,22,25)(H,23,24)/t12-/m0/s1. The Bertz CT molecular complexity index is 1010. The summed E-state index contributed by atoms with van der Waals surface area (Å²) in [6.45, 7) is 1.81. The second kappa shape index (κ2) is 6.80. The molecule has 0 bridgehead atoms. The summed E-state index contributed by atoms with van der Waals surface area (Å²) < 4.78 is 13.0. The monoisotopic (exact) mass is 365 g/mol. The molecule has 1 heterocycles. The third kappa shape index (κ3) is 3.28. The molecule has 0 aliphatic carbocycles. The van der Waals surface area contributed by atoms with Gasteiger partial charge in [0.05, 0.1) is 16.6 Å². The van der Waals surface area contributed by atoms with Crippen molar-refractivity contribution in [2.24, 2.45) is 4.99 Å². The molecule has 0 fully saturated rings. The fraction of sp³-hybridized carbons (Fsp3) is 0.100. The van der Waals surface area contributed by atoms with E-state index < -0.39 is 0 Å². The molecule has 1 atom stereocenters. The number of nitrogens with one attached hydrogen (secondary N) is 2. The van der Waals surface area contributed by atoms with Gasteiger partial charge in [0.15, 0.2) is 5.17 Å². The van der Waals surface area contributed by atoms with Gasteiger partial charge in [-0.05, 0) is 48.7 Å². The topological polar surface area (TPSA) is 53.5 Å². The Morgan fingerprint density at radius 3 is 2.62 bits per heavy atom. The second-order valence-corrected chi connectivity index (χ2v) is 7.31. The Labute approximate surface area is 154 Å². The first-order valence-corrected chi connectivity index (χ1v) is 9.09. The predicted octanol–water partition coefficient (Wildman–Crippen LogP) is 5.15. The minimum atomic E-state index is -0.365. The van der Waals surface area contributed by atoms with Crippen LogP contribution in [0.3, 0.4) is 0 Å². The van der Waals surface area contributed by atoms with Gasteiger partial charge in [0, 0.05) is 11.1 Å². The highest BCUT2D eigenvalue weighted by atomic mass is 32.2. The molecule has 0 saturated heterocycles. The van der Waals surface area contributed by atoms with E-state index in [0.717, 1.165) is 22.1 Å². The highest BCUT2D eigenvalue weighted by Gasteiger charge is 2.20. The van der Waals surface area contributed by atoms with Crippen LogP contribution < -0.4 is 10.6 Å². The molecule has 130 valence electrons. The number of aliphatic imine (C=N–C) groups is 1. The van der Waals surface area contributed by atoms with Crippen LogP contribution in [0.25, 0.3) is 10.8 Å². The van der Waals surface area contributed by atoms with E-state index in [1.165, 1.54) is 36.0 Å². The number of hydrogen-bond acceptors (Lipinski definition) is 4. The van der Waals surface area contributed by atoms with Gasteiger partial charge < -0.3 is 10.6 Å². The van der Waals surface area contributed by atoms with Crippen molar-refractivity contribution in [3.05, 3.63) is 66.5 Å². The fourth-order valence-electron chi connectivity index (χ4n) is 2.82. The molecular weight excluding hydrogens is 349 g/mol. The molecule has 1 aliphatic rings. The first-order valence-electron chi connectivity index (χ1n) is 8.21. The second-order valence-electron chi connectivity index (χ2n) is 5.98. The molecule has 4 nitrogen and oxygen atoms in total. The summed E-state index contributed by atoms with van der Waals surface area (Å²) >= 11 is 1.35. The number of amidine groups is 1. The van der Waals surface area contributed by atoms with E-state index in [1.807, 2.05) is 31.2 Å². The van der Waals surface area contributed by atoms with E-state index >= 15 is 0 Å². The predicted molar refractivity (Wildman–Crippen MR) is 107 cm³/mol. The van der Waals surface area contributed by atoms with Crippen molar-refractivity contribution in [1.82, 2.24) is 0 Å². The molecule has 2 N–H and O–H groups in total. The summed E-state index contributed by atoms with van der Waals surface area (Å²) in [4.78, 5) is 17.0. The Kier molecular flexibility index (Phi) is 4.34. The molecule has 0 unspecified atom stereocenters. The van der Waals surface area contributed by atoms with Gasteiger partial charge in [-0.25, -0.2) is 9.38 Å². The van der Waals surface area contributed by atoms with Crippen LogP contribution in [0.1, 0.15) is 6.92 Å². The summed E-state index contributed by atoms with van der Waals surface area (Å²) in [6, 6.07) is 17.8. The molecule has 3 aromatic rings. The molecule has 3 aromatic carbocycles. The maximum atomic E-state index is 13.0. The molecule has 0 aromatic heterocycles. The van der Waals surface area contributed by atoms with Crippen molar-refractivity contribution in [3.63, 3.8) is 0 Å². The van der Waals surface area contributed by atoms with Crippen LogP contribution in [0, 0.1) is 5.82 Å². The van der Waals surface area contributed by atoms with Crippen LogP contribution in [0.5, 0.6) is 0 Å². The van der Waals surface area contributed by atoms with Gasteiger partial charge >= 0.3 is 0 Å². The molecule has 0 radical (unpaired) electrons. The van der Waals surface area contributed by atoms with Gasteiger partial charge in [0.2, 0.25) is 5.91 Å². The summed E-state index contributed by atoms with van der Waals surface area (Å²) in [5, 5.41) is 8.62. The third-order valence-electron chi connectivity index (χ3n) is 4.12. The van der Waals surface area contributed by atoms with E-state index in [4.69, 9.17) is 0 Å². The average molecular weight is 365 g/mol. The Morgan fingerprint density at radius 2 is 1.85 bits per heavy atom. The van der Waals surface area contributed by atoms with Crippen molar-refractivity contribution in [3.8, 4) is 0 Å². The summed E-state index contributed by atoms with van der Waals surface area (Å²) in [5.74, 6) is -0.498. The number of rotatable bonds is 3. The van der Waals surface area contributed by atoms with E-state index in [9.17, 15) is 9.18 Å². The Morgan fingerprint density at radius 1 is 1.12 bits per heavy atom. The maximum Gasteiger partial charge on any atom is 0.237 e. The van der Waals surface area contributed by atoms with Gasteiger partial charge in [0.25, 0.3) is 0 Å². The van der Waals surface area contributed by atoms with Crippen LogP contribution in [0.2, 0.25) is 0 Å². The molecule has 4 rings (SSSR count). The summed E-state index contributed by atoms with van der Waals surface area (Å²) in [7, 11) is 0. The molecular formula is C20H16FN3OS. The van der Waals surface area contributed by atoms with Crippen molar-refractivity contribution < 1.29 is 9.18 Å². The third-order valence-corrected chi connectivity index (χ3v) is 5.10. The molecule has 1 amide bonds. The number of amides is 1. The van der Waals surface area contributed by atoms with Gasteiger partial charge in [-0.1, -0.05) is 36.0 Å². The maximum absolute atomic E-state index is 13.0. The quantitative estimate of drug-likeness (QED) is 0.675. The van der Waals surface area contributed by atoms with Gasteiger partial charge in [-0.3, -0.25) is 4.79 Å². The smallest absolute Gasteiger partial charge is 0.237 e. The first-order chi connectivity index (χ1) is 12.6. The van der Waals surface area contributed by atoms with Crippen molar-refractivity contribution in [2.75, 3.05) is 10.6 Å². The number of halogens is 1. The van der Waals surface area contributed by atoms with Crippen molar-refractivity contribution in [2.45, 2.75) is 12.2 Å². The number of nitrogens with zero attached hydrogens (tertiary/aromatic N) is 1. The van der Waals surface area contributed by atoms with Crippen LogP contribution >= 0.6 is 11.8 Å². The zero-order chi connectivity index (χ0) is 18.1. The zero-order valence-corrected chi connectivity index (χ0v) is 14.8. The summed E-state index contributed by atoms with van der Waals surface area (Å²) in [6.07, 6.45) is 0. The number of thioether (sulfide) groups is 1. The minimum absolute atomic E-state index is 0.164. The largest absolute Gasteiger partial charge is 0.334 e. The Balaban J connectivity index is 1.50. The van der Waals surface area contributed by atoms with E-state index in [1.54, 1.807) is 0 Å². The molecule has 0 spiro atoms. The lowest BCUT2D eigenvalue weighted by Gasteiger charge is -2.20. The number of hydrogen-bond donors (Lipinski definition) is 2. The van der Waals surface area contributed by atoms with Crippen molar-refractivity contribution in [1.29, 1.82) is 0 Å². The Hall–Kier alpha value is -2.86.